The Kier molecular flexibility index (Phi) is 10.7. The molecule has 0 unspecified atom stereocenters. The summed E-state index contributed by atoms with van der Waals surface area (Å²) in [6.45, 7) is 3.72. The molecular weight excluding hydrogens is 518 g/mol. The molecule has 1 atom stereocenters. The first-order valence-corrected chi connectivity index (χ1v) is 13.5. The Hall–Kier alpha value is -2.54. The first-order valence-electron chi connectivity index (χ1n) is 11.6. The van der Waals surface area contributed by atoms with Crippen LogP contribution >= 0.6 is 35.0 Å². The number of hydrogen-bond donors (Lipinski definition) is 1. The minimum Gasteiger partial charge on any atom is -0.352 e. The minimum atomic E-state index is -0.804. The van der Waals surface area contributed by atoms with Crippen molar-refractivity contribution < 1.29 is 14.0 Å². The topological polar surface area (TPSA) is 49.4 Å². The number of thioether (sulfide) groups is 1. The van der Waals surface area contributed by atoms with E-state index in [-0.39, 0.29) is 30.2 Å². The summed E-state index contributed by atoms with van der Waals surface area (Å²) in [7, 11) is 0. The van der Waals surface area contributed by atoms with Gasteiger partial charge >= 0.3 is 0 Å². The van der Waals surface area contributed by atoms with Gasteiger partial charge < -0.3 is 10.2 Å². The third-order valence-corrected chi connectivity index (χ3v) is 7.05. The van der Waals surface area contributed by atoms with E-state index in [9.17, 15) is 14.0 Å². The van der Waals surface area contributed by atoms with Crippen molar-refractivity contribution in [3.8, 4) is 0 Å². The Morgan fingerprint density at radius 1 is 0.972 bits per heavy atom. The van der Waals surface area contributed by atoms with Crippen LogP contribution in [0, 0.1) is 5.82 Å². The van der Waals surface area contributed by atoms with Crippen LogP contribution in [-0.2, 0) is 28.3 Å². The summed E-state index contributed by atoms with van der Waals surface area (Å²) >= 11 is 13.6. The highest BCUT2D eigenvalue weighted by molar-refractivity contribution is 7.99. The lowest BCUT2D eigenvalue weighted by Gasteiger charge is -2.32. The van der Waals surface area contributed by atoms with E-state index in [1.54, 1.807) is 30.3 Å². The Balaban J connectivity index is 1.86. The van der Waals surface area contributed by atoms with Crippen molar-refractivity contribution in [2.75, 3.05) is 5.75 Å². The Bertz CT molecular complexity index is 1180. The summed E-state index contributed by atoms with van der Waals surface area (Å²) in [5.74, 6) is -0.346. The van der Waals surface area contributed by atoms with Crippen LogP contribution in [0.25, 0.3) is 0 Å². The van der Waals surface area contributed by atoms with E-state index in [0.717, 1.165) is 11.1 Å². The van der Waals surface area contributed by atoms with Gasteiger partial charge in [-0.3, -0.25) is 9.59 Å². The average Bonchev–Trinajstić information content (AvgIpc) is 2.84. The highest BCUT2D eigenvalue weighted by Crippen LogP contribution is 2.25. The third-order valence-electron chi connectivity index (χ3n) is 5.50. The van der Waals surface area contributed by atoms with E-state index in [4.69, 9.17) is 23.2 Å². The minimum absolute atomic E-state index is 0.0171. The molecule has 190 valence electrons. The van der Waals surface area contributed by atoms with Crippen molar-refractivity contribution in [2.24, 2.45) is 0 Å². The summed E-state index contributed by atoms with van der Waals surface area (Å²) in [5, 5.41) is 4.00. The summed E-state index contributed by atoms with van der Waals surface area (Å²) in [5.41, 5.74) is 2.12. The molecule has 0 aliphatic heterocycles. The van der Waals surface area contributed by atoms with Gasteiger partial charge in [0.1, 0.15) is 11.9 Å². The van der Waals surface area contributed by atoms with Crippen molar-refractivity contribution in [2.45, 2.75) is 44.6 Å². The number of hydrogen-bond acceptors (Lipinski definition) is 3. The molecule has 3 aromatic carbocycles. The fraction of sp³-hybridized carbons (Fsp3) is 0.286. The number of nitrogens with one attached hydrogen (secondary N) is 1. The average molecular weight is 548 g/mol. The van der Waals surface area contributed by atoms with Gasteiger partial charge in [0.2, 0.25) is 11.8 Å². The monoisotopic (exact) mass is 546 g/mol. The fourth-order valence-corrected chi connectivity index (χ4v) is 5.18. The zero-order valence-electron chi connectivity index (χ0n) is 20.2. The lowest BCUT2D eigenvalue weighted by atomic mass is 10.0. The number of carbonyl (C=O) groups excluding carboxylic acids is 2. The third kappa shape index (κ3) is 8.26. The smallest absolute Gasteiger partial charge is 0.243 e. The number of rotatable bonds is 11. The van der Waals surface area contributed by atoms with Crippen molar-refractivity contribution in [1.82, 2.24) is 10.2 Å². The lowest BCUT2D eigenvalue weighted by Crippen LogP contribution is -2.52. The fourth-order valence-electron chi connectivity index (χ4n) is 3.71. The zero-order chi connectivity index (χ0) is 26.1. The molecule has 0 heterocycles. The van der Waals surface area contributed by atoms with Gasteiger partial charge in [-0.2, -0.15) is 0 Å². The van der Waals surface area contributed by atoms with Gasteiger partial charge in [0.05, 0.1) is 5.75 Å². The highest BCUT2D eigenvalue weighted by Gasteiger charge is 2.31. The van der Waals surface area contributed by atoms with E-state index >= 15 is 0 Å². The van der Waals surface area contributed by atoms with Gasteiger partial charge in [0.25, 0.3) is 0 Å². The van der Waals surface area contributed by atoms with Gasteiger partial charge in [-0.05, 0) is 43.2 Å². The van der Waals surface area contributed by atoms with E-state index < -0.39 is 11.9 Å². The van der Waals surface area contributed by atoms with Gasteiger partial charge in [-0.15, -0.1) is 11.8 Å². The molecule has 0 saturated heterocycles. The van der Waals surface area contributed by atoms with Crippen LogP contribution < -0.4 is 5.32 Å². The second kappa shape index (κ2) is 13.7. The Morgan fingerprint density at radius 3 is 2.33 bits per heavy atom. The molecule has 0 aliphatic carbocycles. The van der Waals surface area contributed by atoms with E-state index in [1.165, 1.54) is 22.7 Å². The van der Waals surface area contributed by atoms with Crippen LogP contribution in [0.4, 0.5) is 4.39 Å². The summed E-state index contributed by atoms with van der Waals surface area (Å²) in [6, 6.07) is 20.2. The van der Waals surface area contributed by atoms with Crippen LogP contribution in [0.1, 0.15) is 30.5 Å². The molecule has 36 heavy (non-hydrogen) atoms. The molecule has 0 radical (unpaired) electrons. The highest BCUT2D eigenvalue weighted by atomic mass is 35.5. The van der Waals surface area contributed by atoms with Crippen molar-refractivity contribution >= 4 is 46.8 Å². The molecule has 0 spiro atoms. The maximum atomic E-state index is 14.6. The zero-order valence-corrected chi connectivity index (χ0v) is 22.5. The van der Waals surface area contributed by atoms with Gasteiger partial charge in [-0.1, -0.05) is 77.8 Å². The second-order valence-corrected chi connectivity index (χ2v) is 10.5. The Morgan fingerprint density at radius 2 is 1.67 bits per heavy atom. The normalized spacial score (nSPS) is 11.8. The van der Waals surface area contributed by atoms with E-state index in [0.29, 0.717) is 27.8 Å². The van der Waals surface area contributed by atoms with Crippen molar-refractivity contribution in [1.29, 1.82) is 0 Å². The van der Waals surface area contributed by atoms with E-state index in [1.807, 2.05) is 50.2 Å². The summed E-state index contributed by atoms with van der Waals surface area (Å²) < 4.78 is 14.6. The number of benzene rings is 3. The molecule has 0 saturated carbocycles. The van der Waals surface area contributed by atoms with Crippen LogP contribution in [0.3, 0.4) is 0 Å². The SMILES string of the molecule is CC(C)NC(=O)[C@@H](Cc1ccccc1)N(Cc1ccccc1F)C(=O)CSCc1ccc(Cl)cc1Cl. The van der Waals surface area contributed by atoms with Gasteiger partial charge in [0, 0.05) is 40.4 Å². The number of amides is 2. The molecule has 3 aromatic rings. The van der Waals surface area contributed by atoms with Crippen LogP contribution in [0.15, 0.2) is 72.8 Å². The number of nitrogens with zero attached hydrogens (tertiary/aromatic N) is 1. The van der Waals surface area contributed by atoms with Crippen LogP contribution in [-0.4, -0.2) is 34.6 Å². The van der Waals surface area contributed by atoms with Crippen LogP contribution in [0.2, 0.25) is 10.0 Å². The molecule has 0 fully saturated rings. The van der Waals surface area contributed by atoms with Gasteiger partial charge in [-0.25, -0.2) is 4.39 Å². The molecule has 3 rings (SSSR count). The van der Waals surface area contributed by atoms with Gasteiger partial charge in [0.15, 0.2) is 0 Å². The quantitative estimate of drug-likeness (QED) is 0.297. The van der Waals surface area contributed by atoms with Crippen LogP contribution in [0.5, 0.6) is 0 Å². The van der Waals surface area contributed by atoms with Crippen molar-refractivity contribution in [3.63, 3.8) is 0 Å². The molecular formula is C28H29Cl2FN2O2S. The number of carbonyl (C=O) groups is 2. The Labute approximate surface area is 226 Å². The molecule has 2 amide bonds. The molecule has 4 nitrogen and oxygen atoms in total. The standard InChI is InChI=1S/C28H29Cl2FN2O2S/c1-19(2)32-28(35)26(14-20-8-4-3-5-9-20)33(16-21-10-6-7-11-25(21)31)27(34)18-36-17-22-12-13-23(29)15-24(22)30/h3-13,15,19,26H,14,16-18H2,1-2H3,(H,32,35)/t26-/m1/s1. The largest absolute Gasteiger partial charge is 0.352 e. The maximum Gasteiger partial charge on any atom is 0.243 e. The molecule has 0 aliphatic rings. The molecule has 1 N–H and O–H groups in total. The first kappa shape index (κ1) is 28.0. The molecule has 0 bridgehead atoms. The molecule has 8 heteroatoms. The second-order valence-electron chi connectivity index (χ2n) is 8.71. The molecule has 0 aromatic heterocycles. The first-order chi connectivity index (χ1) is 17.2. The lowest BCUT2D eigenvalue weighted by molar-refractivity contribution is -0.139. The van der Waals surface area contributed by atoms with E-state index in [2.05, 4.69) is 5.32 Å². The number of halogens is 3. The predicted molar refractivity (Wildman–Crippen MR) is 147 cm³/mol. The summed E-state index contributed by atoms with van der Waals surface area (Å²) in [4.78, 5) is 28.4. The summed E-state index contributed by atoms with van der Waals surface area (Å²) in [6.07, 6.45) is 0.313. The predicted octanol–water partition coefficient (Wildman–Crippen LogP) is 6.53. The maximum absolute atomic E-state index is 14.6. The van der Waals surface area contributed by atoms with Crippen molar-refractivity contribution in [3.05, 3.63) is 105 Å².